The van der Waals surface area contributed by atoms with Gasteiger partial charge in [-0.05, 0) is 49.2 Å². The quantitative estimate of drug-likeness (QED) is 0.464. The third-order valence-electron chi connectivity index (χ3n) is 4.85. The van der Waals surface area contributed by atoms with Crippen molar-refractivity contribution in [2.45, 2.75) is 13.8 Å². The Bertz CT molecular complexity index is 1330. The van der Waals surface area contributed by atoms with Crippen molar-refractivity contribution in [3.8, 4) is 0 Å². The summed E-state index contributed by atoms with van der Waals surface area (Å²) in [6.45, 7) is 7.55. The minimum atomic E-state index is -0.310. The molecule has 32 heavy (non-hydrogen) atoms. The summed E-state index contributed by atoms with van der Waals surface area (Å²) in [6.07, 6.45) is 1.48. The molecular weight excluding hydrogens is 406 g/mol. The molecule has 3 aromatic heterocycles. The van der Waals surface area contributed by atoms with Crippen LogP contribution in [0.2, 0.25) is 0 Å². The standard InChI is InChI=1S/C23H23N7O2/c1-13(2)18-11-19(29-32-18)27-23(31)15-7-6-14(3)17(10-15)26-22-21-16(24-12-25-22)8-9-20(28-21)30(4)5/h6-12H,1H2,2-5H3,(H,24,25,26)(H,27,29,31). The molecule has 0 fully saturated rings. The Morgan fingerprint density at radius 1 is 1.12 bits per heavy atom. The summed E-state index contributed by atoms with van der Waals surface area (Å²) in [5.41, 5.74) is 4.23. The SMILES string of the molecule is C=C(C)c1cc(NC(=O)c2ccc(C)c(Nc3ncnc4ccc(N(C)C)nc34)c2)no1. The van der Waals surface area contributed by atoms with E-state index in [9.17, 15) is 4.79 Å². The summed E-state index contributed by atoms with van der Waals surface area (Å²) >= 11 is 0. The number of allylic oxidation sites excluding steroid dienone is 1. The monoisotopic (exact) mass is 429 g/mol. The van der Waals surface area contributed by atoms with Crippen LogP contribution in [0.15, 0.2) is 53.8 Å². The van der Waals surface area contributed by atoms with Gasteiger partial charge in [-0.2, -0.15) is 0 Å². The van der Waals surface area contributed by atoms with E-state index in [0.717, 1.165) is 28.2 Å². The van der Waals surface area contributed by atoms with Crippen LogP contribution in [0.5, 0.6) is 0 Å². The molecule has 1 aromatic carbocycles. The Balaban J connectivity index is 1.62. The number of carbonyl (C=O) groups is 1. The predicted octanol–water partition coefficient (Wildman–Crippen LogP) is 4.42. The van der Waals surface area contributed by atoms with Crippen LogP contribution < -0.4 is 15.5 Å². The Morgan fingerprint density at radius 3 is 2.66 bits per heavy atom. The smallest absolute Gasteiger partial charge is 0.256 e. The summed E-state index contributed by atoms with van der Waals surface area (Å²) in [6, 6.07) is 10.8. The number of aromatic nitrogens is 4. The lowest BCUT2D eigenvalue weighted by molar-refractivity contribution is 0.102. The van der Waals surface area contributed by atoms with Crippen LogP contribution >= 0.6 is 0 Å². The number of hydrogen-bond acceptors (Lipinski definition) is 8. The summed E-state index contributed by atoms with van der Waals surface area (Å²) in [7, 11) is 3.84. The largest absolute Gasteiger partial charge is 0.363 e. The average molecular weight is 429 g/mol. The number of nitrogens with zero attached hydrogens (tertiary/aromatic N) is 5. The van der Waals surface area contributed by atoms with E-state index in [1.165, 1.54) is 6.33 Å². The molecule has 3 heterocycles. The van der Waals surface area contributed by atoms with Gasteiger partial charge in [-0.3, -0.25) is 4.79 Å². The van der Waals surface area contributed by atoms with E-state index in [2.05, 4.69) is 37.3 Å². The van der Waals surface area contributed by atoms with Crippen molar-refractivity contribution in [3.05, 3.63) is 66.2 Å². The molecule has 0 aliphatic heterocycles. The van der Waals surface area contributed by atoms with Crippen LogP contribution in [0.25, 0.3) is 16.6 Å². The fourth-order valence-electron chi connectivity index (χ4n) is 3.02. The molecule has 4 aromatic rings. The van der Waals surface area contributed by atoms with E-state index in [4.69, 9.17) is 4.52 Å². The van der Waals surface area contributed by atoms with Gasteiger partial charge in [0.05, 0.1) is 5.52 Å². The lowest BCUT2D eigenvalue weighted by Crippen LogP contribution is -2.13. The Kier molecular flexibility index (Phi) is 5.55. The normalized spacial score (nSPS) is 10.8. The van der Waals surface area contributed by atoms with Gasteiger partial charge in [0, 0.05) is 31.4 Å². The molecule has 9 nitrogen and oxygen atoms in total. The van der Waals surface area contributed by atoms with Crippen LogP contribution in [0.3, 0.4) is 0 Å². The zero-order valence-corrected chi connectivity index (χ0v) is 18.3. The van der Waals surface area contributed by atoms with Gasteiger partial charge in [-0.25, -0.2) is 15.0 Å². The summed E-state index contributed by atoms with van der Waals surface area (Å²) in [5.74, 6) is 1.89. The zero-order chi connectivity index (χ0) is 22.8. The number of nitrogens with one attached hydrogen (secondary N) is 2. The first kappa shape index (κ1) is 21.0. The number of pyridine rings is 1. The second-order valence-electron chi connectivity index (χ2n) is 7.62. The molecule has 4 rings (SSSR count). The highest BCUT2D eigenvalue weighted by atomic mass is 16.5. The van der Waals surface area contributed by atoms with E-state index in [1.807, 2.05) is 44.1 Å². The number of rotatable bonds is 6. The van der Waals surface area contributed by atoms with E-state index in [1.54, 1.807) is 25.1 Å². The average Bonchev–Trinajstić information content (AvgIpc) is 3.24. The van der Waals surface area contributed by atoms with E-state index in [0.29, 0.717) is 28.5 Å². The van der Waals surface area contributed by atoms with Crippen LogP contribution in [-0.2, 0) is 0 Å². The number of benzene rings is 1. The third-order valence-corrected chi connectivity index (χ3v) is 4.85. The van der Waals surface area contributed by atoms with Crippen molar-refractivity contribution >= 4 is 45.7 Å². The molecule has 0 bridgehead atoms. The van der Waals surface area contributed by atoms with Gasteiger partial charge >= 0.3 is 0 Å². The second kappa shape index (κ2) is 8.46. The maximum atomic E-state index is 12.8. The number of hydrogen-bond donors (Lipinski definition) is 2. The molecule has 0 atom stereocenters. The van der Waals surface area contributed by atoms with Crippen LogP contribution in [0.4, 0.5) is 23.1 Å². The van der Waals surface area contributed by atoms with Crippen molar-refractivity contribution < 1.29 is 9.32 Å². The highest BCUT2D eigenvalue weighted by Crippen LogP contribution is 2.26. The first-order chi connectivity index (χ1) is 15.3. The van der Waals surface area contributed by atoms with Crippen molar-refractivity contribution in [2.24, 2.45) is 0 Å². The fourth-order valence-corrected chi connectivity index (χ4v) is 3.02. The minimum Gasteiger partial charge on any atom is -0.363 e. The highest BCUT2D eigenvalue weighted by molar-refractivity contribution is 6.04. The van der Waals surface area contributed by atoms with Gasteiger partial charge in [-0.1, -0.05) is 17.8 Å². The zero-order valence-electron chi connectivity index (χ0n) is 18.3. The van der Waals surface area contributed by atoms with Gasteiger partial charge in [0.2, 0.25) is 0 Å². The van der Waals surface area contributed by atoms with Gasteiger partial charge in [-0.15, -0.1) is 0 Å². The van der Waals surface area contributed by atoms with Crippen LogP contribution in [0.1, 0.15) is 28.6 Å². The van der Waals surface area contributed by atoms with E-state index in [-0.39, 0.29) is 5.91 Å². The Morgan fingerprint density at radius 2 is 1.94 bits per heavy atom. The molecule has 0 aliphatic rings. The number of aryl methyl sites for hydroxylation is 1. The molecule has 0 spiro atoms. The maximum Gasteiger partial charge on any atom is 0.256 e. The van der Waals surface area contributed by atoms with Crippen LogP contribution in [0, 0.1) is 6.92 Å². The minimum absolute atomic E-state index is 0.310. The molecule has 2 N–H and O–H groups in total. The second-order valence-corrected chi connectivity index (χ2v) is 7.62. The first-order valence-electron chi connectivity index (χ1n) is 9.92. The first-order valence-corrected chi connectivity index (χ1v) is 9.92. The molecule has 9 heteroatoms. The molecule has 0 aliphatic carbocycles. The molecule has 0 saturated heterocycles. The van der Waals surface area contributed by atoms with Gasteiger partial charge in [0.25, 0.3) is 5.91 Å². The fraction of sp³-hybridized carbons (Fsp3) is 0.174. The van der Waals surface area contributed by atoms with E-state index < -0.39 is 0 Å². The summed E-state index contributed by atoms with van der Waals surface area (Å²) in [4.78, 5) is 28.0. The Hall–Kier alpha value is -4.27. The van der Waals surface area contributed by atoms with Crippen molar-refractivity contribution in [1.82, 2.24) is 20.1 Å². The molecule has 162 valence electrons. The number of amides is 1. The van der Waals surface area contributed by atoms with Gasteiger partial charge in [0.15, 0.2) is 17.4 Å². The topological polar surface area (TPSA) is 109 Å². The molecule has 0 saturated carbocycles. The van der Waals surface area contributed by atoms with Gasteiger partial charge in [0.1, 0.15) is 17.7 Å². The molecule has 1 amide bonds. The van der Waals surface area contributed by atoms with E-state index >= 15 is 0 Å². The van der Waals surface area contributed by atoms with Crippen LogP contribution in [-0.4, -0.2) is 40.1 Å². The maximum absolute atomic E-state index is 12.8. The summed E-state index contributed by atoms with van der Waals surface area (Å²) < 4.78 is 5.15. The van der Waals surface area contributed by atoms with Gasteiger partial charge < -0.3 is 20.1 Å². The number of fused-ring (bicyclic) bond motifs is 1. The predicted molar refractivity (Wildman–Crippen MR) is 125 cm³/mol. The van der Waals surface area contributed by atoms with Crippen molar-refractivity contribution in [3.63, 3.8) is 0 Å². The Labute approximate surface area is 185 Å². The lowest BCUT2D eigenvalue weighted by atomic mass is 10.1. The molecule has 0 radical (unpaired) electrons. The van der Waals surface area contributed by atoms with Crippen molar-refractivity contribution in [1.29, 1.82) is 0 Å². The lowest BCUT2D eigenvalue weighted by Gasteiger charge is -2.14. The molecule has 0 unspecified atom stereocenters. The highest BCUT2D eigenvalue weighted by Gasteiger charge is 2.14. The third kappa shape index (κ3) is 4.27. The molecular formula is C23H23N7O2. The van der Waals surface area contributed by atoms with Crippen molar-refractivity contribution in [2.75, 3.05) is 29.6 Å². The number of carbonyl (C=O) groups excluding carboxylic acids is 1. The summed E-state index contributed by atoms with van der Waals surface area (Å²) in [5, 5.41) is 9.89. The number of anilines is 4.